The van der Waals surface area contributed by atoms with E-state index >= 15 is 0 Å². The third-order valence-electron chi connectivity index (χ3n) is 3.70. The zero-order chi connectivity index (χ0) is 13.8. The fraction of sp³-hybridized carbons (Fsp3) is 0.100. The molecule has 0 unspecified atom stereocenters. The van der Waals surface area contributed by atoms with Crippen LogP contribution in [0.4, 0.5) is 0 Å². The Labute approximate surface area is 120 Å². The molecular weight excluding hydrogens is 240 g/mol. The van der Waals surface area contributed by atoms with E-state index in [4.69, 9.17) is 0 Å². The highest BCUT2D eigenvalue weighted by molar-refractivity contribution is 5.84. The molecule has 0 aliphatic carbocycles. The number of rotatable bonds is 3. The summed E-state index contributed by atoms with van der Waals surface area (Å²) in [5.41, 5.74) is 6.63. The van der Waals surface area contributed by atoms with Gasteiger partial charge in [-0.15, -0.1) is 0 Å². The highest BCUT2D eigenvalue weighted by Gasteiger charge is 2.09. The molecule has 0 radical (unpaired) electrons. The van der Waals surface area contributed by atoms with Crippen molar-refractivity contribution in [1.29, 1.82) is 0 Å². The molecule has 0 aliphatic rings. The minimum Gasteiger partial charge on any atom is -0.0622 e. The van der Waals surface area contributed by atoms with Crippen molar-refractivity contribution in [2.45, 2.75) is 13.3 Å². The van der Waals surface area contributed by atoms with Crippen LogP contribution < -0.4 is 0 Å². The van der Waals surface area contributed by atoms with Crippen molar-refractivity contribution < 1.29 is 0 Å². The highest BCUT2D eigenvalue weighted by Crippen LogP contribution is 2.33. The van der Waals surface area contributed by atoms with Gasteiger partial charge >= 0.3 is 0 Å². The van der Waals surface area contributed by atoms with Gasteiger partial charge in [-0.05, 0) is 34.2 Å². The lowest BCUT2D eigenvalue weighted by Crippen LogP contribution is -1.90. The maximum atomic E-state index is 2.22. The van der Waals surface area contributed by atoms with Gasteiger partial charge in [0, 0.05) is 0 Å². The average molecular weight is 258 g/mol. The van der Waals surface area contributed by atoms with Gasteiger partial charge in [-0.3, -0.25) is 0 Å². The molecule has 0 atom stereocenters. The molecule has 3 rings (SSSR count). The van der Waals surface area contributed by atoms with E-state index in [2.05, 4.69) is 85.8 Å². The summed E-state index contributed by atoms with van der Waals surface area (Å²) in [6.45, 7) is 2.21. The van der Waals surface area contributed by atoms with Crippen molar-refractivity contribution in [3.63, 3.8) is 0 Å². The summed E-state index contributed by atoms with van der Waals surface area (Å²) in [6, 6.07) is 27.9. The molecule has 0 aliphatic heterocycles. The van der Waals surface area contributed by atoms with Crippen LogP contribution in [0.15, 0.2) is 78.9 Å². The number of aryl methyl sites for hydroxylation is 1. The minimum absolute atomic E-state index is 1.05. The molecule has 20 heavy (non-hydrogen) atoms. The molecule has 0 saturated heterocycles. The zero-order valence-corrected chi connectivity index (χ0v) is 11.7. The molecule has 0 N–H and O–H groups in total. The van der Waals surface area contributed by atoms with Crippen LogP contribution in [-0.4, -0.2) is 0 Å². The topological polar surface area (TPSA) is 0 Å². The fourth-order valence-corrected chi connectivity index (χ4v) is 2.68. The second-order valence-corrected chi connectivity index (χ2v) is 4.92. The number of hydrogen-bond acceptors (Lipinski definition) is 0. The van der Waals surface area contributed by atoms with Crippen molar-refractivity contribution in [1.82, 2.24) is 0 Å². The first-order valence-electron chi connectivity index (χ1n) is 7.13. The van der Waals surface area contributed by atoms with Crippen LogP contribution in [0.1, 0.15) is 12.5 Å². The Morgan fingerprint density at radius 3 is 1.80 bits per heavy atom. The monoisotopic (exact) mass is 258 g/mol. The molecule has 0 amide bonds. The standard InChI is InChI=1S/C20H18/c1-2-16-10-6-7-13-18(16)20-15-9-8-14-19(20)17-11-4-3-5-12-17/h3-15H,2H2,1H3. The smallest absolute Gasteiger partial charge is 0.0103 e. The molecule has 0 fully saturated rings. The fourth-order valence-electron chi connectivity index (χ4n) is 2.68. The minimum atomic E-state index is 1.05. The first-order chi connectivity index (χ1) is 9.90. The van der Waals surface area contributed by atoms with E-state index < -0.39 is 0 Å². The maximum absolute atomic E-state index is 2.22. The molecule has 0 bridgehead atoms. The van der Waals surface area contributed by atoms with Gasteiger partial charge in [0.15, 0.2) is 0 Å². The molecule has 0 spiro atoms. The van der Waals surface area contributed by atoms with Crippen molar-refractivity contribution in [2.75, 3.05) is 0 Å². The predicted octanol–water partition coefficient (Wildman–Crippen LogP) is 5.58. The summed E-state index contributed by atoms with van der Waals surface area (Å²) < 4.78 is 0. The molecule has 0 nitrogen and oxygen atoms in total. The molecule has 3 aromatic rings. The van der Waals surface area contributed by atoms with Crippen molar-refractivity contribution in [3.8, 4) is 22.3 Å². The van der Waals surface area contributed by atoms with Gasteiger partial charge in [0.25, 0.3) is 0 Å². The van der Waals surface area contributed by atoms with Crippen molar-refractivity contribution >= 4 is 0 Å². The van der Waals surface area contributed by atoms with E-state index in [0.717, 1.165) is 6.42 Å². The lowest BCUT2D eigenvalue weighted by Gasteiger charge is -2.13. The quantitative estimate of drug-likeness (QED) is 0.575. The van der Waals surface area contributed by atoms with Crippen LogP contribution in [0, 0.1) is 0 Å². The van der Waals surface area contributed by atoms with E-state index in [1.807, 2.05) is 0 Å². The van der Waals surface area contributed by atoms with Crippen LogP contribution >= 0.6 is 0 Å². The first-order valence-corrected chi connectivity index (χ1v) is 7.13. The normalized spacial score (nSPS) is 10.4. The summed E-state index contributed by atoms with van der Waals surface area (Å²) in [6.07, 6.45) is 1.05. The number of hydrogen-bond donors (Lipinski definition) is 0. The second kappa shape index (κ2) is 5.75. The van der Waals surface area contributed by atoms with Crippen molar-refractivity contribution in [3.05, 3.63) is 84.4 Å². The second-order valence-electron chi connectivity index (χ2n) is 4.92. The summed E-state index contributed by atoms with van der Waals surface area (Å²) >= 11 is 0. The molecule has 3 aromatic carbocycles. The van der Waals surface area contributed by atoms with Gasteiger partial charge in [-0.25, -0.2) is 0 Å². The molecule has 0 aromatic heterocycles. The first kappa shape index (κ1) is 12.7. The zero-order valence-electron chi connectivity index (χ0n) is 11.7. The van der Waals surface area contributed by atoms with Crippen LogP contribution in [0.2, 0.25) is 0 Å². The Balaban J connectivity index is 2.20. The van der Waals surface area contributed by atoms with Crippen molar-refractivity contribution in [2.24, 2.45) is 0 Å². The molecule has 0 heteroatoms. The maximum Gasteiger partial charge on any atom is -0.0103 e. The van der Waals surface area contributed by atoms with E-state index in [1.165, 1.54) is 27.8 Å². The van der Waals surface area contributed by atoms with Crippen LogP contribution in [-0.2, 0) is 6.42 Å². The van der Waals surface area contributed by atoms with Gasteiger partial charge in [0.05, 0.1) is 0 Å². The Bertz CT molecular complexity index is 696. The van der Waals surface area contributed by atoms with E-state index in [0.29, 0.717) is 0 Å². The van der Waals surface area contributed by atoms with Gasteiger partial charge in [0.2, 0.25) is 0 Å². The third kappa shape index (κ3) is 2.37. The highest BCUT2D eigenvalue weighted by atomic mass is 14.1. The van der Waals surface area contributed by atoms with Gasteiger partial charge in [-0.1, -0.05) is 85.8 Å². The lowest BCUT2D eigenvalue weighted by molar-refractivity contribution is 1.14. The summed E-state index contributed by atoms with van der Waals surface area (Å²) in [5.74, 6) is 0. The van der Waals surface area contributed by atoms with Gasteiger partial charge in [-0.2, -0.15) is 0 Å². The summed E-state index contributed by atoms with van der Waals surface area (Å²) in [4.78, 5) is 0. The third-order valence-corrected chi connectivity index (χ3v) is 3.70. The lowest BCUT2D eigenvalue weighted by atomic mass is 9.91. The molecule has 98 valence electrons. The van der Waals surface area contributed by atoms with E-state index in [1.54, 1.807) is 0 Å². The number of benzene rings is 3. The Kier molecular flexibility index (Phi) is 3.64. The predicted molar refractivity (Wildman–Crippen MR) is 86.7 cm³/mol. The Hall–Kier alpha value is -2.34. The summed E-state index contributed by atoms with van der Waals surface area (Å²) in [7, 11) is 0. The summed E-state index contributed by atoms with van der Waals surface area (Å²) in [5, 5.41) is 0. The molecule has 0 saturated carbocycles. The van der Waals surface area contributed by atoms with Gasteiger partial charge in [0.1, 0.15) is 0 Å². The Morgan fingerprint density at radius 2 is 1.10 bits per heavy atom. The van der Waals surface area contributed by atoms with Crippen LogP contribution in [0.5, 0.6) is 0 Å². The van der Waals surface area contributed by atoms with Gasteiger partial charge < -0.3 is 0 Å². The molecule has 0 heterocycles. The SMILES string of the molecule is CCc1ccccc1-c1ccccc1-c1ccccc1. The Morgan fingerprint density at radius 1 is 0.550 bits per heavy atom. The van der Waals surface area contributed by atoms with E-state index in [-0.39, 0.29) is 0 Å². The van der Waals surface area contributed by atoms with Crippen LogP contribution in [0.25, 0.3) is 22.3 Å². The average Bonchev–Trinajstić information content (AvgIpc) is 2.55. The van der Waals surface area contributed by atoms with Crippen LogP contribution in [0.3, 0.4) is 0 Å². The largest absolute Gasteiger partial charge is 0.0622 e. The molecular formula is C20H18. The van der Waals surface area contributed by atoms with E-state index in [9.17, 15) is 0 Å².